The van der Waals surface area contributed by atoms with Crippen molar-refractivity contribution in [2.75, 3.05) is 33.3 Å². The number of nitrogens with zero attached hydrogens (tertiary/aromatic N) is 1. The van der Waals surface area contributed by atoms with E-state index in [0.29, 0.717) is 23.2 Å². The number of methoxy groups -OCH3 is 1. The third-order valence-electron chi connectivity index (χ3n) is 7.84. The van der Waals surface area contributed by atoms with E-state index in [1.165, 1.54) is 60.6 Å². The number of aryl methyl sites for hydroxylation is 1. The fourth-order valence-electron chi connectivity index (χ4n) is 5.85. The number of ether oxygens (including phenoxy) is 1. The maximum absolute atomic E-state index is 12.2. The van der Waals surface area contributed by atoms with E-state index in [1.807, 2.05) is 25.3 Å². The third kappa shape index (κ3) is 6.39. The van der Waals surface area contributed by atoms with Crippen LogP contribution in [-0.2, 0) is 17.6 Å². The van der Waals surface area contributed by atoms with Crippen molar-refractivity contribution < 1.29 is 13.9 Å². The number of carbonyl (C=O) groups excluding carboxylic acids is 1. The van der Waals surface area contributed by atoms with Crippen molar-refractivity contribution >= 4 is 34.6 Å². The van der Waals surface area contributed by atoms with Gasteiger partial charge in [-0.2, -0.15) is 0 Å². The fourth-order valence-corrected chi connectivity index (χ4v) is 6.03. The average Bonchev–Trinajstić information content (AvgIpc) is 3.33. The molecule has 2 heterocycles. The quantitative estimate of drug-likeness (QED) is 0.250. The second-order valence-corrected chi connectivity index (χ2v) is 10.7. The Kier molecular flexibility index (Phi) is 8.52. The summed E-state index contributed by atoms with van der Waals surface area (Å²) in [6, 6.07) is 12.1. The molecule has 0 bridgehead atoms. The van der Waals surface area contributed by atoms with Crippen LogP contribution in [0.15, 0.2) is 46.9 Å². The molecule has 0 spiro atoms. The molecule has 1 aliphatic carbocycles. The van der Waals surface area contributed by atoms with Crippen molar-refractivity contribution in [2.45, 2.75) is 57.3 Å². The lowest BCUT2D eigenvalue weighted by atomic mass is 9.83. The van der Waals surface area contributed by atoms with E-state index in [4.69, 9.17) is 20.8 Å². The van der Waals surface area contributed by atoms with Gasteiger partial charge in [0.25, 0.3) is 0 Å². The molecule has 5 rings (SSSR count). The summed E-state index contributed by atoms with van der Waals surface area (Å²) >= 11 is 6.02. The first-order chi connectivity index (χ1) is 18.1. The molecule has 1 saturated heterocycles. The molecule has 1 aliphatic heterocycles. The van der Waals surface area contributed by atoms with Crippen LogP contribution in [0, 0.1) is 0 Å². The zero-order valence-electron chi connectivity index (χ0n) is 21.7. The summed E-state index contributed by atoms with van der Waals surface area (Å²) < 4.78 is 11.7. The van der Waals surface area contributed by atoms with Gasteiger partial charge in [-0.3, -0.25) is 4.79 Å². The number of fused-ring (bicyclic) bond motifs is 2. The lowest BCUT2D eigenvalue weighted by Crippen LogP contribution is -2.34. The molecule has 2 aliphatic rings. The van der Waals surface area contributed by atoms with E-state index >= 15 is 0 Å². The summed E-state index contributed by atoms with van der Waals surface area (Å²) in [4.78, 5) is 14.7. The molecule has 1 fully saturated rings. The Morgan fingerprint density at radius 3 is 2.81 bits per heavy atom. The number of hydrogen-bond donors (Lipinski definition) is 1. The number of furan rings is 1. The predicted molar refractivity (Wildman–Crippen MR) is 151 cm³/mol. The molecule has 1 amide bonds. The number of halogens is 1. The molecule has 1 N–H and O–H groups in total. The summed E-state index contributed by atoms with van der Waals surface area (Å²) in [5.74, 6) is 2.31. The van der Waals surface area contributed by atoms with Crippen LogP contribution in [0.2, 0.25) is 5.02 Å². The lowest BCUT2D eigenvalue weighted by molar-refractivity contribution is -0.116. The smallest absolute Gasteiger partial charge is 0.244 e. The van der Waals surface area contributed by atoms with E-state index in [0.717, 1.165) is 49.9 Å². The molecule has 5 nitrogen and oxygen atoms in total. The van der Waals surface area contributed by atoms with Gasteiger partial charge >= 0.3 is 0 Å². The minimum absolute atomic E-state index is 0.0988. The number of hydrogen-bond acceptors (Lipinski definition) is 4. The van der Waals surface area contributed by atoms with E-state index in [-0.39, 0.29) is 5.91 Å². The zero-order chi connectivity index (χ0) is 25.6. The normalized spacial score (nSPS) is 16.8. The van der Waals surface area contributed by atoms with Crippen molar-refractivity contribution in [3.63, 3.8) is 0 Å². The van der Waals surface area contributed by atoms with Gasteiger partial charge in [0.15, 0.2) is 0 Å². The summed E-state index contributed by atoms with van der Waals surface area (Å²) in [5.41, 5.74) is 5.14. The largest absolute Gasteiger partial charge is 0.496 e. The van der Waals surface area contributed by atoms with Crippen LogP contribution < -0.4 is 10.1 Å². The van der Waals surface area contributed by atoms with Crippen LogP contribution in [0.1, 0.15) is 66.9 Å². The average molecular weight is 521 g/mol. The highest BCUT2D eigenvalue weighted by Gasteiger charge is 2.26. The van der Waals surface area contributed by atoms with Gasteiger partial charge in [-0.15, -0.1) is 0 Å². The van der Waals surface area contributed by atoms with Gasteiger partial charge < -0.3 is 19.4 Å². The highest BCUT2D eigenvalue weighted by Crippen LogP contribution is 2.40. The second kappa shape index (κ2) is 12.2. The SMILES string of the molecule is COc1c(C2CCN(CCCCNC(=O)C=Cc3cc4cc(Cl)ccc4o3)CC2)ccc2c1CCCC2. The van der Waals surface area contributed by atoms with Crippen LogP contribution in [0.25, 0.3) is 17.0 Å². The Morgan fingerprint density at radius 1 is 1.14 bits per heavy atom. The van der Waals surface area contributed by atoms with Gasteiger partial charge in [0, 0.05) is 23.0 Å². The standard InChI is InChI=1S/C31H37ClN2O3/c1-36-31-27-7-3-2-6-22(27)8-11-28(31)23-14-18-34(19-15-23)17-5-4-16-33-30(35)13-10-26-21-24-20-25(32)9-12-29(24)37-26/h8-13,20-21,23H,2-7,14-19H2,1H3,(H,33,35). The number of unbranched alkanes of at least 4 members (excludes halogenated alkanes) is 1. The van der Waals surface area contributed by atoms with Crippen LogP contribution in [0.3, 0.4) is 0 Å². The number of amides is 1. The monoisotopic (exact) mass is 520 g/mol. The first kappa shape index (κ1) is 25.9. The Bertz CT molecular complexity index is 1260. The minimum Gasteiger partial charge on any atom is -0.496 e. The van der Waals surface area contributed by atoms with E-state index in [1.54, 1.807) is 12.1 Å². The number of piperidine rings is 1. The van der Waals surface area contributed by atoms with Gasteiger partial charge in [-0.25, -0.2) is 0 Å². The van der Waals surface area contributed by atoms with Gasteiger partial charge in [-0.05, 0) is 124 Å². The highest BCUT2D eigenvalue weighted by atomic mass is 35.5. The summed E-state index contributed by atoms with van der Waals surface area (Å²) in [7, 11) is 1.84. The van der Waals surface area contributed by atoms with Crippen LogP contribution >= 0.6 is 11.6 Å². The van der Waals surface area contributed by atoms with Gasteiger partial charge in [-0.1, -0.05) is 23.7 Å². The number of benzene rings is 2. The Balaban J connectivity index is 1.01. The Hall–Kier alpha value is -2.76. The first-order valence-corrected chi connectivity index (χ1v) is 14.0. The molecule has 0 atom stereocenters. The van der Waals surface area contributed by atoms with Crippen molar-refractivity contribution in [1.29, 1.82) is 0 Å². The second-order valence-electron chi connectivity index (χ2n) is 10.3. The lowest BCUT2D eigenvalue weighted by Gasteiger charge is -2.33. The summed E-state index contributed by atoms with van der Waals surface area (Å²) in [5, 5.41) is 4.57. The van der Waals surface area contributed by atoms with E-state index in [2.05, 4.69) is 22.3 Å². The van der Waals surface area contributed by atoms with Gasteiger partial charge in [0.1, 0.15) is 17.1 Å². The molecular formula is C31H37ClN2O3. The molecule has 37 heavy (non-hydrogen) atoms. The van der Waals surface area contributed by atoms with Gasteiger partial charge in [0.2, 0.25) is 5.91 Å². The molecule has 0 radical (unpaired) electrons. The maximum atomic E-state index is 12.2. The zero-order valence-corrected chi connectivity index (χ0v) is 22.5. The van der Waals surface area contributed by atoms with Crippen LogP contribution in [0.4, 0.5) is 0 Å². The maximum Gasteiger partial charge on any atom is 0.244 e. The Morgan fingerprint density at radius 2 is 1.97 bits per heavy atom. The Labute approximate surface area is 224 Å². The van der Waals surface area contributed by atoms with Crippen molar-refractivity contribution in [3.05, 3.63) is 69.9 Å². The van der Waals surface area contributed by atoms with Crippen molar-refractivity contribution in [1.82, 2.24) is 10.2 Å². The van der Waals surface area contributed by atoms with Crippen LogP contribution in [0.5, 0.6) is 5.75 Å². The number of likely N-dealkylation sites (tertiary alicyclic amines) is 1. The molecule has 0 saturated carbocycles. The molecular weight excluding hydrogens is 484 g/mol. The molecule has 1 aromatic heterocycles. The topological polar surface area (TPSA) is 54.7 Å². The van der Waals surface area contributed by atoms with E-state index in [9.17, 15) is 4.79 Å². The van der Waals surface area contributed by atoms with E-state index < -0.39 is 0 Å². The number of nitrogens with one attached hydrogen (secondary N) is 1. The predicted octanol–water partition coefficient (Wildman–Crippen LogP) is 6.76. The molecule has 3 aromatic rings. The highest BCUT2D eigenvalue weighted by molar-refractivity contribution is 6.31. The third-order valence-corrected chi connectivity index (χ3v) is 8.07. The number of rotatable bonds is 9. The van der Waals surface area contributed by atoms with Crippen molar-refractivity contribution in [3.8, 4) is 5.75 Å². The fraction of sp³-hybridized carbons (Fsp3) is 0.452. The number of carbonyl (C=O) groups is 1. The van der Waals surface area contributed by atoms with Crippen LogP contribution in [-0.4, -0.2) is 44.1 Å². The molecule has 0 unspecified atom stereocenters. The summed E-state index contributed by atoms with van der Waals surface area (Å²) in [6.45, 7) is 4.02. The molecule has 196 valence electrons. The molecule has 6 heteroatoms. The molecule has 2 aromatic carbocycles. The minimum atomic E-state index is -0.0988. The van der Waals surface area contributed by atoms with Gasteiger partial charge in [0.05, 0.1) is 7.11 Å². The van der Waals surface area contributed by atoms with Crippen molar-refractivity contribution in [2.24, 2.45) is 0 Å². The first-order valence-electron chi connectivity index (χ1n) is 13.7. The summed E-state index contributed by atoms with van der Waals surface area (Å²) in [6.07, 6.45) is 12.6.